The number of alkyl halides is 3. The van der Waals surface area contributed by atoms with Crippen molar-refractivity contribution in [2.24, 2.45) is 0 Å². The first kappa shape index (κ1) is 18.1. The van der Waals surface area contributed by atoms with Gasteiger partial charge in [0.1, 0.15) is 5.82 Å². The van der Waals surface area contributed by atoms with Gasteiger partial charge in [0.25, 0.3) is 0 Å². The smallest absolute Gasteiger partial charge is 0.206 e. The van der Waals surface area contributed by atoms with Crippen molar-refractivity contribution in [2.75, 3.05) is 0 Å². The first-order chi connectivity index (χ1) is 10.2. The minimum atomic E-state index is -4.83. The summed E-state index contributed by atoms with van der Waals surface area (Å²) in [6, 6.07) is 4.40. The molecule has 2 aromatic rings. The summed E-state index contributed by atoms with van der Waals surface area (Å²) in [6.45, 7) is 5.34. The Labute approximate surface area is 124 Å². The summed E-state index contributed by atoms with van der Waals surface area (Å²) < 4.78 is 77.7. The molecule has 0 atom stereocenters. The van der Waals surface area contributed by atoms with Gasteiger partial charge in [0.15, 0.2) is 11.6 Å². The van der Waals surface area contributed by atoms with Gasteiger partial charge in [0.05, 0.1) is 5.56 Å². The molecule has 0 saturated heterocycles. The van der Waals surface area contributed by atoms with Crippen LogP contribution in [0.15, 0.2) is 30.3 Å². The van der Waals surface area contributed by atoms with Crippen LogP contribution in [0.4, 0.5) is 26.3 Å². The average molecular weight is 320 g/mol. The van der Waals surface area contributed by atoms with Gasteiger partial charge < -0.3 is 0 Å². The van der Waals surface area contributed by atoms with Gasteiger partial charge >= 0.3 is 6.18 Å². The Kier molecular flexibility index (Phi) is 5.63. The van der Waals surface area contributed by atoms with E-state index in [9.17, 15) is 26.3 Å². The highest BCUT2D eigenvalue weighted by atomic mass is 19.4. The van der Waals surface area contributed by atoms with Crippen molar-refractivity contribution in [3.05, 3.63) is 58.9 Å². The third-order valence-corrected chi connectivity index (χ3v) is 2.86. The van der Waals surface area contributed by atoms with Crippen LogP contribution in [0, 0.1) is 24.4 Å². The summed E-state index contributed by atoms with van der Waals surface area (Å²) in [5.41, 5.74) is -1.85. The minimum absolute atomic E-state index is 0.0543. The molecule has 0 aliphatic carbocycles. The van der Waals surface area contributed by atoms with E-state index in [4.69, 9.17) is 0 Å². The van der Waals surface area contributed by atoms with Crippen molar-refractivity contribution in [3.63, 3.8) is 0 Å². The highest BCUT2D eigenvalue weighted by molar-refractivity contribution is 5.65. The molecule has 0 aromatic heterocycles. The topological polar surface area (TPSA) is 0 Å². The van der Waals surface area contributed by atoms with Gasteiger partial charge in [-0.2, -0.15) is 13.2 Å². The lowest BCUT2D eigenvalue weighted by Crippen LogP contribution is -2.08. The van der Waals surface area contributed by atoms with E-state index in [2.05, 4.69) is 0 Å². The Balaban J connectivity index is 0.00000116. The molecule has 0 aliphatic heterocycles. The molecule has 0 radical (unpaired) electrons. The fraction of sp³-hybridized carbons (Fsp3) is 0.250. The summed E-state index contributed by atoms with van der Waals surface area (Å²) in [4.78, 5) is 0. The second kappa shape index (κ2) is 6.85. The van der Waals surface area contributed by atoms with E-state index in [1.165, 1.54) is 19.1 Å². The van der Waals surface area contributed by atoms with Gasteiger partial charge in [-0.25, -0.2) is 13.2 Å². The van der Waals surface area contributed by atoms with Crippen molar-refractivity contribution in [1.29, 1.82) is 0 Å². The van der Waals surface area contributed by atoms with Crippen molar-refractivity contribution < 1.29 is 26.3 Å². The Hall–Kier alpha value is -1.98. The Morgan fingerprint density at radius 3 is 1.91 bits per heavy atom. The van der Waals surface area contributed by atoms with E-state index in [1.54, 1.807) is 0 Å². The van der Waals surface area contributed by atoms with Gasteiger partial charge in [-0.15, -0.1) is 0 Å². The minimum Gasteiger partial charge on any atom is -0.206 e. The second-order valence-electron chi connectivity index (χ2n) is 4.25. The third kappa shape index (κ3) is 3.61. The standard InChI is InChI=1S/C14H8F6.C2H6/c1-7-2-4-9(13(17)12(7)16)8-3-5-10(11(15)6-8)14(18,19)20;1-2/h2-6H,1H3;1-2H3. The fourth-order valence-corrected chi connectivity index (χ4v) is 1.78. The van der Waals surface area contributed by atoms with E-state index in [0.29, 0.717) is 12.1 Å². The normalized spacial score (nSPS) is 11.0. The van der Waals surface area contributed by atoms with Gasteiger partial charge in [0, 0.05) is 5.56 Å². The van der Waals surface area contributed by atoms with Crippen molar-refractivity contribution >= 4 is 0 Å². The number of rotatable bonds is 1. The Morgan fingerprint density at radius 2 is 1.41 bits per heavy atom. The molecule has 0 unspecified atom stereocenters. The molecular weight excluding hydrogens is 306 g/mol. The first-order valence-corrected chi connectivity index (χ1v) is 6.53. The Morgan fingerprint density at radius 1 is 0.818 bits per heavy atom. The number of benzene rings is 2. The molecule has 0 nitrogen and oxygen atoms in total. The van der Waals surface area contributed by atoms with Crippen LogP contribution in [0.5, 0.6) is 0 Å². The monoisotopic (exact) mass is 320 g/mol. The summed E-state index contributed by atoms with van der Waals surface area (Å²) >= 11 is 0. The average Bonchev–Trinajstić information content (AvgIpc) is 2.45. The maximum Gasteiger partial charge on any atom is 0.419 e. The largest absolute Gasteiger partial charge is 0.419 e. The van der Waals surface area contributed by atoms with Crippen molar-refractivity contribution in [1.82, 2.24) is 0 Å². The summed E-state index contributed by atoms with van der Waals surface area (Å²) in [5.74, 6) is -3.86. The zero-order valence-electron chi connectivity index (χ0n) is 12.2. The number of hydrogen-bond donors (Lipinski definition) is 0. The lowest BCUT2D eigenvalue weighted by Gasteiger charge is -2.10. The number of hydrogen-bond acceptors (Lipinski definition) is 0. The lowest BCUT2D eigenvalue weighted by molar-refractivity contribution is -0.139. The van der Waals surface area contributed by atoms with Crippen molar-refractivity contribution in [2.45, 2.75) is 26.9 Å². The maximum atomic E-state index is 13.7. The fourth-order valence-electron chi connectivity index (χ4n) is 1.78. The molecule has 2 aromatic carbocycles. The SMILES string of the molecule is CC.Cc1ccc(-c2ccc(C(F)(F)F)c(F)c2)c(F)c1F. The number of halogens is 6. The van der Waals surface area contributed by atoms with E-state index < -0.39 is 29.2 Å². The predicted molar refractivity (Wildman–Crippen MR) is 72.8 cm³/mol. The Bertz CT molecular complexity index is 658. The zero-order valence-corrected chi connectivity index (χ0v) is 12.2. The van der Waals surface area contributed by atoms with Crippen molar-refractivity contribution in [3.8, 4) is 11.1 Å². The molecule has 0 amide bonds. The third-order valence-electron chi connectivity index (χ3n) is 2.86. The van der Waals surface area contributed by atoms with Gasteiger partial charge in [-0.1, -0.05) is 32.0 Å². The van der Waals surface area contributed by atoms with E-state index in [-0.39, 0.29) is 16.7 Å². The first-order valence-electron chi connectivity index (χ1n) is 6.53. The number of aryl methyl sites for hydroxylation is 1. The molecule has 0 aliphatic rings. The molecular formula is C16H14F6. The molecule has 0 saturated carbocycles. The highest BCUT2D eigenvalue weighted by Gasteiger charge is 2.34. The van der Waals surface area contributed by atoms with Crippen LogP contribution in [0.3, 0.4) is 0 Å². The summed E-state index contributed by atoms with van der Waals surface area (Å²) in [5, 5.41) is 0. The summed E-state index contributed by atoms with van der Waals surface area (Å²) in [6.07, 6.45) is -4.83. The van der Waals surface area contributed by atoms with Gasteiger partial charge in [-0.3, -0.25) is 0 Å². The molecule has 2 rings (SSSR count). The maximum absolute atomic E-state index is 13.7. The van der Waals surface area contributed by atoms with Crippen LogP contribution in [0.2, 0.25) is 0 Å². The lowest BCUT2D eigenvalue weighted by atomic mass is 10.0. The van der Waals surface area contributed by atoms with Gasteiger partial charge in [-0.05, 0) is 30.2 Å². The van der Waals surface area contributed by atoms with E-state index in [0.717, 1.165) is 6.07 Å². The van der Waals surface area contributed by atoms with Gasteiger partial charge in [0.2, 0.25) is 0 Å². The highest BCUT2D eigenvalue weighted by Crippen LogP contribution is 2.34. The quantitative estimate of drug-likeness (QED) is 0.555. The molecule has 0 heterocycles. The molecule has 0 spiro atoms. The van der Waals surface area contributed by atoms with Crippen LogP contribution in [0.25, 0.3) is 11.1 Å². The predicted octanol–water partition coefficient (Wildman–Crippen LogP) is 6.12. The van der Waals surface area contributed by atoms with E-state index in [1.807, 2.05) is 13.8 Å². The molecule has 22 heavy (non-hydrogen) atoms. The van der Waals surface area contributed by atoms with Crippen LogP contribution in [-0.2, 0) is 6.18 Å². The van der Waals surface area contributed by atoms with E-state index >= 15 is 0 Å². The molecule has 6 heteroatoms. The summed E-state index contributed by atoms with van der Waals surface area (Å²) in [7, 11) is 0. The zero-order chi connectivity index (χ0) is 17.1. The molecule has 0 bridgehead atoms. The second-order valence-corrected chi connectivity index (χ2v) is 4.25. The van der Waals surface area contributed by atoms with Crippen LogP contribution < -0.4 is 0 Å². The molecule has 120 valence electrons. The van der Waals surface area contributed by atoms with Crippen LogP contribution in [-0.4, -0.2) is 0 Å². The molecule has 0 fully saturated rings. The van der Waals surface area contributed by atoms with Crippen LogP contribution >= 0.6 is 0 Å². The molecule has 0 N–H and O–H groups in total. The van der Waals surface area contributed by atoms with Crippen LogP contribution in [0.1, 0.15) is 25.0 Å².